The Hall–Kier alpha value is -1.54. The minimum absolute atomic E-state index is 0.217. The zero-order valence-corrected chi connectivity index (χ0v) is 10.9. The standard InChI is InChI=1S/C8H18O2.C2H2O6/c1-5-7(3)9-10-8(4)6-2;3-1(4)7-8-2(5)6/h7-8H,5-6H2,1-4H3;(H,3,4)(H,5,6). The second kappa shape index (κ2) is 11.9. The lowest BCUT2D eigenvalue weighted by atomic mass is 10.3. The molecule has 2 unspecified atom stereocenters. The molecule has 2 atom stereocenters. The van der Waals surface area contributed by atoms with Crippen molar-refractivity contribution >= 4 is 12.3 Å². The molecule has 0 saturated heterocycles. The third-order valence-corrected chi connectivity index (χ3v) is 1.72. The molecule has 0 fully saturated rings. The molecule has 18 heavy (non-hydrogen) atoms. The second-order valence-electron chi connectivity index (χ2n) is 3.33. The molecular weight excluding hydrogens is 248 g/mol. The average molecular weight is 268 g/mol. The van der Waals surface area contributed by atoms with Crippen molar-refractivity contribution in [3.8, 4) is 0 Å². The highest BCUT2D eigenvalue weighted by molar-refractivity contribution is 5.60. The topological polar surface area (TPSA) is 112 Å². The summed E-state index contributed by atoms with van der Waals surface area (Å²) in [6.07, 6.45) is -1.17. The minimum atomic E-state index is -1.80. The van der Waals surface area contributed by atoms with Crippen LogP contribution in [0.1, 0.15) is 40.5 Å². The summed E-state index contributed by atoms with van der Waals surface area (Å²) in [5.41, 5.74) is 0. The molecule has 0 aliphatic heterocycles. The van der Waals surface area contributed by atoms with Crippen LogP contribution in [0.2, 0.25) is 0 Å². The molecule has 0 heterocycles. The molecule has 8 heteroatoms. The predicted molar refractivity (Wildman–Crippen MR) is 59.9 cm³/mol. The van der Waals surface area contributed by atoms with Crippen LogP contribution in [-0.4, -0.2) is 34.7 Å². The Labute approximate surface area is 105 Å². The summed E-state index contributed by atoms with van der Waals surface area (Å²) in [5.74, 6) is 0. The Morgan fingerprint density at radius 2 is 1.17 bits per heavy atom. The summed E-state index contributed by atoms with van der Waals surface area (Å²) >= 11 is 0. The van der Waals surface area contributed by atoms with Crippen LogP contribution in [0.15, 0.2) is 0 Å². The van der Waals surface area contributed by atoms with Gasteiger partial charge in [0.15, 0.2) is 0 Å². The van der Waals surface area contributed by atoms with Crippen molar-refractivity contribution in [3.05, 3.63) is 0 Å². The Morgan fingerprint density at radius 3 is 1.33 bits per heavy atom. The third kappa shape index (κ3) is 16.9. The van der Waals surface area contributed by atoms with Crippen LogP contribution in [0.25, 0.3) is 0 Å². The van der Waals surface area contributed by atoms with Gasteiger partial charge in [0.1, 0.15) is 0 Å². The van der Waals surface area contributed by atoms with Crippen molar-refractivity contribution in [1.82, 2.24) is 0 Å². The molecule has 0 radical (unpaired) electrons. The number of hydrogen-bond donors (Lipinski definition) is 2. The molecule has 0 aromatic carbocycles. The first kappa shape index (κ1) is 18.8. The van der Waals surface area contributed by atoms with E-state index in [9.17, 15) is 9.59 Å². The van der Waals surface area contributed by atoms with Crippen LogP contribution >= 0.6 is 0 Å². The first-order valence-electron chi connectivity index (χ1n) is 5.45. The van der Waals surface area contributed by atoms with Gasteiger partial charge in [-0.3, -0.25) is 0 Å². The maximum Gasteiger partial charge on any atom is 0.547 e. The van der Waals surface area contributed by atoms with E-state index in [0.717, 1.165) is 12.8 Å². The lowest BCUT2D eigenvalue weighted by molar-refractivity contribution is -0.344. The van der Waals surface area contributed by atoms with Gasteiger partial charge < -0.3 is 10.2 Å². The van der Waals surface area contributed by atoms with E-state index in [2.05, 4.69) is 23.6 Å². The van der Waals surface area contributed by atoms with E-state index in [1.165, 1.54) is 0 Å². The minimum Gasteiger partial charge on any atom is -0.447 e. The van der Waals surface area contributed by atoms with Crippen LogP contribution in [0, 0.1) is 0 Å². The van der Waals surface area contributed by atoms with E-state index in [1.54, 1.807) is 0 Å². The van der Waals surface area contributed by atoms with Crippen molar-refractivity contribution in [1.29, 1.82) is 0 Å². The summed E-state index contributed by atoms with van der Waals surface area (Å²) in [6, 6.07) is 0. The van der Waals surface area contributed by atoms with Gasteiger partial charge in [0.2, 0.25) is 0 Å². The number of carbonyl (C=O) groups is 2. The number of rotatable bonds is 5. The highest BCUT2D eigenvalue weighted by atomic mass is 17.2. The largest absolute Gasteiger partial charge is 0.547 e. The Morgan fingerprint density at radius 1 is 0.889 bits per heavy atom. The molecule has 0 aromatic rings. The van der Waals surface area contributed by atoms with E-state index >= 15 is 0 Å². The fraction of sp³-hybridized carbons (Fsp3) is 0.800. The maximum atomic E-state index is 9.29. The highest BCUT2D eigenvalue weighted by Gasteiger charge is 2.03. The molecule has 0 rings (SSSR count). The summed E-state index contributed by atoms with van der Waals surface area (Å²) in [5, 5.41) is 15.1. The molecular formula is C10H20O8. The summed E-state index contributed by atoms with van der Waals surface area (Å²) in [7, 11) is 0. The third-order valence-electron chi connectivity index (χ3n) is 1.72. The SMILES string of the molecule is CCC(C)OOC(C)CC.O=C(O)OOC(=O)O. The summed E-state index contributed by atoms with van der Waals surface area (Å²) < 4.78 is 0. The van der Waals surface area contributed by atoms with Crippen LogP contribution in [0.5, 0.6) is 0 Å². The lowest BCUT2D eigenvalue weighted by Crippen LogP contribution is -2.13. The van der Waals surface area contributed by atoms with E-state index in [0.29, 0.717) is 0 Å². The Kier molecular flexibility index (Phi) is 12.5. The quantitative estimate of drug-likeness (QED) is 0.578. The van der Waals surface area contributed by atoms with E-state index in [-0.39, 0.29) is 12.2 Å². The first-order valence-corrected chi connectivity index (χ1v) is 5.45. The zero-order valence-electron chi connectivity index (χ0n) is 10.9. The highest BCUT2D eigenvalue weighted by Crippen LogP contribution is 2.02. The van der Waals surface area contributed by atoms with Gasteiger partial charge in [0.05, 0.1) is 12.2 Å². The predicted octanol–water partition coefficient (Wildman–Crippen LogP) is 2.82. The molecule has 0 amide bonds. The van der Waals surface area contributed by atoms with E-state index in [1.807, 2.05) is 13.8 Å². The number of hydrogen-bond acceptors (Lipinski definition) is 6. The van der Waals surface area contributed by atoms with Crippen molar-refractivity contribution < 1.29 is 39.4 Å². The Bertz CT molecular complexity index is 206. The van der Waals surface area contributed by atoms with Gasteiger partial charge in [-0.15, -0.1) is 0 Å². The molecule has 2 N–H and O–H groups in total. The van der Waals surface area contributed by atoms with Crippen molar-refractivity contribution in [2.24, 2.45) is 0 Å². The van der Waals surface area contributed by atoms with Gasteiger partial charge in [-0.1, -0.05) is 13.8 Å². The van der Waals surface area contributed by atoms with Gasteiger partial charge in [-0.25, -0.2) is 29.1 Å². The van der Waals surface area contributed by atoms with E-state index < -0.39 is 12.3 Å². The first-order chi connectivity index (χ1) is 8.33. The van der Waals surface area contributed by atoms with Gasteiger partial charge in [-0.05, 0) is 26.7 Å². The van der Waals surface area contributed by atoms with Crippen molar-refractivity contribution in [2.75, 3.05) is 0 Å². The zero-order chi connectivity index (χ0) is 14.6. The van der Waals surface area contributed by atoms with Gasteiger partial charge >= 0.3 is 12.3 Å². The lowest BCUT2D eigenvalue weighted by Gasteiger charge is -2.13. The summed E-state index contributed by atoms with van der Waals surface area (Å²) in [4.78, 5) is 34.9. The Balaban J connectivity index is 0. The molecule has 0 saturated carbocycles. The van der Waals surface area contributed by atoms with Gasteiger partial charge in [-0.2, -0.15) is 0 Å². The molecule has 0 spiro atoms. The fourth-order valence-corrected chi connectivity index (χ4v) is 0.397. The molecule has 0 aromatic heterocycles. The average Bonchev–Trinajstić information content (AvgIpc) is 2.33. The van der Waals surface area contributed by atoms with Gasteiger partial charge in [0, 0.05) is 0 Å². The normalized spacial score (nSPS) is 12.7. The molecule has 0 bridgehead atoms. The smallest absolute Gasteiger partial charge is 0.447 e. The second-order valence-corrected chi connectivity index (χ2v) is 3.33. The van der Waals surface area contributed by atoms with Crippen LogP contribution in [0.3, 0.4) is 0 Å². The van der Waals surface area contributed by atoms with Crippen LogP contribution in [0.4, 0.5) is 9.59 Å². The van der Waals surface area contributed by atoms with Gasteiger partial charge in [0.25, 0.3) is 0 Å². The molecule has 0 aliphatic rings. The monoisotopic (exact) mass is 268 g/mol. The molecule has 108 valence electrons. The van der Waals surface area contributed by atoms with Crippen molar-refractivity contribution in [3.63, 3.8) is 0 Å². The van der Waals surface area contributed by atoms with Crippen LogP contribution in [-0.2, 0) is 19.6 Å². The fourth-order valence-electron chi connectivity index (χ4n) is 0.397. The van der Waals surface area contributed by atoms with Crippen molar-refractivity contribution in [2.45, 2.75) is 52.7 Å². The number of carboxylic acid groups (broad SMARTS) is 2. The van der Waals surface area contributed by atoms with Crippen LogP contribution < -0.4 is 0 Å². The molecule has 0 aliphatic carbocycles. The maximum absolute atomic E-state index is 9.29. The van der Waals surface area contributed by atoms with E-state index in [4.69, 9.17) is 20.0 Å². The molecule has 8 nitrogen and oxygen atoms in total. The summed E-state index contributed by atoms with van der Waals surface area (Å²) in [6.45, 7) is 8.15.